The van der Waals surface area contributed by atoms with Crippen LogP contribution in [-0.2, 0) is 9.59 Å². The first-order valence-electron chi connectivity index (χ1n) is 9.84. The zero-order chi connectivity index (χ0) is 21.5. The van der Waals surface area contributed by atoms with Crippen molar-refractivity contribution in [2.45, 2.75) is 27.2 Å². The minimum absolute atomic E-state index is 0.367. The van der Waals surface area contributed by atoms with Gasteiger partial charge in [-0.15, -0.1) is 0 Å². The fourth-order valence-electron chi connectivity index (χ4n) is 3.44. The molecule has 152 valence electrons. The van der Waals surface area contributed by atoms with Crippen LogP contribution in [-0.4, -0.2) is 11.9 Å². The summed E-state index contributed by atoms with van der Waals surface area (Å²) in [7, 11) is 0. The van der Waals surface area contributed by atoms with Crippen LogP contribution in [0.1, 0.15) is 43.9 Å². The molecule has 0 fully saturated rings. The van der Waals surface area contributed by atoms with Crippen molar-refractivity contribution in [2.24, 2.45) is 0 Å². The van der Waals surface area contributed by atoms with Crippen molar-refractivity contribution in [2.75, 3.05) is 0 Å². The Kier molecular flexibility index (Phi) is 6.81. The molecule has 30 heavy (non-hydrogen) atoms. The second-order valence-electron chi connectivity index (χ2n) is 6.82. The van der Waals surface area contributed by atoms with E-state index < -0.39 is 0 Å². The van der Waals surface area contributed by atoms with Crippen molar-refractivity contribution in [3.63, 3.8) is 0 Å². The second kappa shape index (κ2) is 9.70. The number of esters is 2. The topological polar surface area (TPSA) is 52.6 Å². The van der Waals surface area contributed by atoms with Crippen LogP contribution in [0.3, 0.4) is 0 Å². The molecule has 0 saturated heterocycles. The predicted octanol–water partition coefficient (Wildman–Crippen LogP) is 5.91. The van der Waals surface area contributed by atoms with Gasteiger partial charge in [0.25, 0.3) is 0 Å². The Morgan fingerprint density at radius 3 is 1.57 bits per heavy atom. The largest absolute Gasteiger partial charge is 0.427 e. The first-order chi connectivity index (χ1) is 14.5. The Morgan fingerprint density at radius 1 is 0.667 bits per heavy atom. The van der Waals surface area contributed by atoms with E-state index >= 15 is 0 Å². The van der Waals surface area contributed by atoms with Crippen LogP contribution < -0.4 is 9.47 Å². The minimum Gasteiger partial charge on any atom is -0.427 e. The van der Waals surface area contributed by atoms with Gasteiger partial charge in [-0.1, -0.05) is 61.5 Å². The van der Waals surface area contributed by atoms with Gasteiger partial charge >= 0.3 is 11.9 Å². The highest BCUT2D eigenvalue weighted by Crippen LogP contribution is 2.36. The molecule has 0 unspecified atom stereocenters. The summed E-state index contributed by atoms with van der Waals surface area (Å²) in [6.07, 6.45) is 0.787. The Hall–Kier alpha value is -3.66. The van der Waals surface area contributed by atoms with Gasteiger partial charge in [-0.05, 0) is 58.5 Å². The number of rotatable bonds is 6. The van der Waals surface area contributed by atoms with Crippen LogP contribution in [0, 0.1) is 0 Å². The molecule has 4 nitrogen and oxygen atoms in total. The number of allylic oxidation sites excluding steroid dienone is 1. The van der Waals surface area contributed by atoms with E-state index in [-0.39, 0.29) is 11.9 Å². The Bertz CT molecular complexity index is 1020. The predicted molar refractivity (Wildman–Crippen MR) is 118 cm³/mol. The van der Waals surface area contributed by atoms with Gasteiger partial charge in [0.15, 0.2) is 0 Å². The molecule has 0 aliphatic carbocycles. The molecule has 0 aromatic heterocycles. The molecular formula is C26H24O4. The molecule has 0 spiro atoms. The van der Waals surface area contributed by atoms with Crippen LogP contribution >= 0.6 is 0 Å². The second-order valence-corrected chi connectivity index (χ2v) is 6.82. The summed E-state index contributed by atoms with van der Waals surface area (Å²) in [6, 6.07) is 25.1. The summed E-state index contributed by atoms with van der Waals surface area (Å²) >= 11 is 0. The van der Waals surface area contributed by atoms with E-state index in [4.69, 9.17) is 9.47 Å². The summed E-state index contributed by atoms with van der Waals surface area (Å²) in [5.74, 6) is 0.232. The summed E-state index contributed by atoms with van der Waals surface area (Å²) in [6.45, 7) is 4.87. The lowest BCUT2D eigenvalue weighted by molar-refractivity contribution is -0.132. The monoisotopic (exact) mass is 400 g/mol. The van der Waals surface area contributed by atoms with E-state index in [1.54, 1.807) is 12.1 Å². The Labute approximate surface area is 176 Å². The number of hydrogen-bond acceptors (Lipinski definition) is 4. The molecule has 0 saturated carbocycles. The molecule has 4 heteroatoms. The molecule has 0 atom stereocenters. The van der Waals surface area contributed by atoms with Crippen molar-refractivity contribution < 1.29 is 19.1 Å². The lowest BCUT2D eigenvalue weighted by Gasteiger charge is -2.17. The zero-order valence-electron chi connectivity index (χ0n) is 17.3. The van der Waals surface area contributed by atoms with E-state index in [2.05, 4.69) is 19.1 Å². The minimum atomic E-state index is -0.367. The van der Waals surface area contributed by atoms with Crippen LogP contribution in [0.4, 0.5) is 0 Å². The highest BCUT2D eigenvalue weighted by molar-refractivity contribution is 5.99. The molecule has 3 aromatic rings. The molecule has 0 N–H and O–H groups in total. The maximum absolute atomic E-state index is 11.4. The Morgan fingerprint density at radius 2 is 1.13 bits per heavy atom. The van der Waals surface area contributed by atoms with E-state index in [9.17, 15) is 9.59 Å². The van der Waals surface area contributed by atoms with Gasteiger partial charge in [0.05, 0.1) is 0 Å². The first-order valence-corrected chi connectivity index (χ1v) is 9.84. The first kappa shape index (κ1) is 21.1. The number of hydrogen-bond donors (Lipinski definition) is 0. The molecule has 0 aliphatic rings. The van der Waals surface area contributed by atoms with Crippen molar-refractivity contribution in [1.29, 1.82) is 0 Å². The molecule has 0 heterocycles. The third kappa shape index (κ3) is 5.23. The lowest BCUT2D eigenvalue weighted by Crippen LogP contribution is -2.03. The maximum Gasteiger partial charge on any atom is 0.308 e. The van der Waals surface area contributed by atoms with Crippen molar-refractivity contribution in [3.8, 4) is 11.5 Å². The standard InChI is InChI=1S/C26H24O4/c1-4-25(20-10-6-5-7-11-20)26(21-12-8-14-23(16-21)29-18(2)27)22-13-9-15-24(17-22)30-19(3)28/h5-17H,4H2,1-3H3. The molecule has 3 aromatic carbocycles. The molecule has 0 radical (unpaired) electrons. The Balaban J connectivity index is 2.24. The molecule has 0 bridgehead atoms. The van der Waals surface area contributed by atoms with Crippen LogP contribution in [0.25, 0.3) is 11.1 Å². The average Bonchev–Trinajstić information content (AvgIpc) is 2.72. The average molecular weight is 400 g/mol. The van der Waals surface area contributed by atoms with Gasteiger partial charge < -0.3 is 9.47 Å². The quantitative estimate of drug-likeness (QED) is 0.293. The van der Waals surface area contributed by atoms with Crippen LogP contribution in [0.15, 0.2) is 78.9 Å². The molecular weight excluding hydrogens is 376 g/mol. The van der Waals surface area contributed by atoms with Crippen LogP contribution in [0.5, 0.6) is 11.5 Å². The zero-order valence-corrected chi connectivity index (χ0v) is 17.3. The fourth-order valence-corrected chi connectivity index (χ4v) is 3.44. The van der Waals surface area contributed by atoms with E-state index in [1.807, 2.05) is 54.6 Å². The summed E-state index contributed by atoms with van der Waals surface area (Å²) in [4.78, 5) is 22.9. The number of carbonyl (C=O) groups excluding carboxylic acids is 2. The lowest BCUT2D eigenvalue weighted by atomic mass is 9.88. The summed E-state index contributed by atoms with van der Waals surface area (Å²) in [5.41, 5.74) is 5.05. The molecule has 3 rings (SSSR count). The van der Waals surface area contributed by atoms with E-state index in [1.165, 1.54) is 13.8 Å². The van der Waals surface area contributed by atoms with Gasteiger partial charge in [0.1, 0.15) is 11.5 Å². The van der Waals surface area contributed by atoms with Gasteiger partial charge in [-0.25, -0.2) is 0 Å². The summed E-state index contributed by atoms with van der Waals surface area (Å²) in [5, 5.41) is 0. The molecule has 0 amide bonds. The van der Waals surface area contributed by atoms with Gasteiger partial charge in [0, 0.05) is 13.8 Å². The van der Waals surface area contributed by atoms with Gasteiger partial charge in [-0.3, -0.25) is 9.59 Å². The maximum atomic E-state index is 11.4. The third-order valence-electron chi connectivity index (χ3n) is 4.55. The SMILES string of the molecule is CCC(=C(c1cccc(OC(C)=O)c1)c1cccc(OC(C)=O)c1)c1ccccc1. The van der Waals surface area contributed by atoms with Crippen molar-refractivity contribution in [3.05, 3.63) is 95.6 Å². The smallest absolute Gasteiger partial charge is 0.308 e. The molecule has 0 aliphatic heterocycles. The number of ether oxygens (including phenoxy) is 2. The normalized spacial score (nSPS) is 10.2. The van der Waals surface area contributed by atoms with Crippen molar-refractivity contribution >= 4 is 23.1 Å². The van der Waals surface area contributed by atoms with Gasteiger partial charge in [0.2, 0.25) is 0 Å². The summed E-state index contributed by atoms with van der Waals surface area (Å²) < 4.78 is 10.6. The van der Waals surface area contributed by atoms with Crippen molar-refractivity contribution in [1.82, 2.24) is 0 Å². The van der Waals surface area contributed by atoms with E-state index in [0.29, 0.717) is 11.5 Å². The van der Waals surface area contributed by atoms with Crippen LogP contribution in [0.2, 0.25) is 0 Å². The third-order valence-corrected chi connectivity index (χ3v) is 4.55. The highest BCUT2D eigenvalue weighted by Gasteiger charge is 2.15. The number of benzene rings is 3. The van der Waals surface area contributed by atoms with Gasteiger partial charge in [-0.2, -0.15) is 0 Å². The fraction of sp³-hybridized carbons (Fsp3) is 0.154. The number of carbonyl (C=O) groups is 2. The van der Waals surface area contributed by atoms with E-state index in [0.717, 1.165) is 34.3 Å². The highest BCUT2D eigenvalue weighted by atomic mass is 16.5.